The van der Waals surface area contributed by atoms with Crippen LogP contribution in [0, 0.1) is 0 Å². The van der Waals surface area contributed by atoms with Gasteiger partial charge in [-0.3, -0.25) is 9.97 Å². The third-order valence-electron chi connectivity index (χ3n) is 3.60. The maximum Gasteiger partial charge on any atom is 0.455 e. The van der Waals surface area contributed by atoms with E-state index in [9.17, 15) is 22.0 Å². The van der Waals surface area contributed by atoms with E-state index in [1.165, 1.54) is 12.3 Å². The zero-order chi connectivity index (χ0) is 18.9. The molecule has 3 aromatic rings. The molecule has 0 bridgehead atoms. The molecule has 0 saturated heterocycles. The molecule has 0 N–H and O–H groups in total. The van der Waals surface area contributed by atoms with Crippen molar-refractivity contribution in [2.75, 3.05) is 5.75 Å². The monoisotopic (exact) mass is 388 g/mol. The number of fused-ring (bicyclic) bond motifs is 1. The van der Waals surface area contributed by atoms with Crippen molar-refractivity contribution in [2.24, 2.45) is 0 Å². The van der Waals surface area contributed by atoms with Crippen LogP contribution in [-0.2, 0) is 6.54 Å². The van der Waals surface area contributed by atoms with Gasteiger partial charge in [0.2, 0.25) is 0 Å². The van der Waals surface area contributed by atoms with Gasteiger partial charge in [0.25, 0.3) is 0 Å². The number of nitrogens with zero attached hydrogens (tertiary/aromatic N) is 4. The van der Waals surface area contributed by atoms with Crippen molar-refractivity contribution in [3.63, 3.8) is 0 Å². The lowest BCUT2D eigenvalue weighted by Crippen LogP contribution is -2.40. The summed E-state index contributed by atoms with van der Waals surface area (Å²) in [4.78, 5) is 13.3. The Hall–Kier alpha value is -2.23. The second-order valence-corrected chi connectivity index (χ2v) is 6.72. The third-order valence-corrected chi connectivity index (χ3v) is 4.53. The van der Waals surface area contributed by atoms with Gasteiger partial charge in [0.05, 0.1) is 35.8 Å². The largest absolute Gasteiger partial charge is 0.455 e. The average molecular weight is 388 g/mol. The summed E-state index contributed by atoms with van der Waals surface area (Å²) >= 11 is 1.57. The van der Waals surface area contributed by atoms with Gasteiger partial charge in [0.1, 0.15) is 5.69 Å². The highest BCUT2D eigenvalue weighted by atomic mass is 32.2. The van der Waals surface area contributed by atoms with Crippen LogP contribution >= 0.6 is 11.8 Å². The minimum atomic E-state index is -5.63. The molecular weight excluding hydrogens is 375 g/mol. The van der Waals surface area contributed by atoms with Gasteiger partial charge in [-0.05, 0) is 24.0 Å². The number of halogens is 5. The molecule has 0 unspecified atom stereocenters. The smallest absolute Gasteiger partial charge is 0.323 e. The van der Waals surface area contributed by atoms with Crippen molar-refractivity contribution in [1.29, 1.82) is 0 Å². The van der Waals surface area contributed by atoms with Crippen LogP contribution in [-0.4, -0.2) is 37.4 Å². The van der Waals surface area contributed by atoms with Gasteiger partial charge in [-0.1, -0.05) is 6.92 Å². The maximum absolute atomic E-state index is 13.3. The van der Waals surface area contributed by atoms with Crippen molar-refractivity contribution < 1.29 is 22.0 Å². The number of pyridine rings is 2. The molecule has 3 heterocycles. The summed E-state index contributed by atoms with van der Waals surface area (Å²) in [6.45, 7) is 0.440. The predicted molar refractivity (Wildman–Crippen MR) is 88.2 cm³/mol. The number of aromatic nitrogens is 4. The predicted octanol–water partition coefficient (Wildman–Crippen LogP) is 4.80. The molecule has 0 aliphatic carbocycles. The topological polar surface area (TPSA) is 43.6 Å². The zero-order valence-corrected chi connectivity index (χ0v) is 14.3. The highest BCUT2D eigenvalue weighted by Crippen LogP contribution is 2.37. The fraction of sp³-hybridized carbons (Fsp3) is 0.312. The molecule has 10 heteroatoms. The summed E-state index contributed by atoms with van der Waals surface area (Å²) < 4.78 is 64.6. The lowest BCUT2D eigenvalue weighted by molar-refractivity contribution is -0.286. The molecule has 0 atom stereocenters. The number of hydrogen-bond donors (Lipinski definition) is 0. The molecule has 0 fully saturated rings. The van der Waals surface area contributed by atoms with Gasteiger partial charge in [0, 0.05) is 11.1 Å². The molecule has 4 nitrogen and oxygen atoms in total. The van der Waals surface area contributed by atoms with Crippen LogP contribution in [0.25, 0.3) is 22.4 Å². The molecule has 0 aromatic carbocycles. The van der Waals surface area contributed by atoms with E-state index in [0.717, 1.165) is 21.5 Å². The second-order valence-electron chi connectivity index (χ2n) is 5.42. The van der Waals surface area contributed by atoms with Crippen molar-refractivity contribution >= 4 is 22.8 Å². The standard InChI is InChI=1S/C16H13F5N4S/c1-2-26-13-4-3-5-22-14(13)11-6-10-12(7-23-11)25(9-24-10)8-15(17,18)16(19,20)21/h3-7,9H,2,8H2,1H3. The first kappa shape index (κ1) is 18.6. The Labute approximate surface area is 149 Å². The van der Waals surface area contributed by atoms with Crippen molar-refractivity contribution in [3.05, 3.63) is 36.9 Å². The summed E-state index contributed by atoms with van der Waals surface area (Å²) in [7, 11) is 0. The minimum absolute atomic E-state index is 0.0956. The molecule has 3 aromatic heterocycles. The van der Waals surface area contributed by atoms with Gasteiger partial charge >= 0.3 is 12.1 Å². The van der Waals surface area contributed by atoms with Crippen molar-refractivity contribution in [1.82, 2.24) is 19.5 Å². The number of hydrogen-bond acceptors (Lipinski definition) is 4. The Bertz CT molecular complexity index is 922. The highest BCUT2D eigenvalue weighted by Gasteiger charge is 2.57. The lowest BCUT2D eigenvalue weighted by Gasteiger charge is -2.20. The Kier molecular flexibility index (Phi) is 4.87. The van der Waals surface area contributed by atoms with E-state index in [1.807, 2.05) is 13.0 Å². The number of thioether (sulfide) groups is 1. The second kappa shape index (κ2) is 6.82. The SMILES string of the molecule is CCSc1cccnc1-c1cc2ncn(CC(F)(F)C(F)(F)F)c2cn1. The molecule has 0 aliphatic heterocycles. The molecular formula is C16H13F5N4S. The fourth-order valence-corrected chi connectivity index (χ4v) is 3.15. The maximum atomic E-state index is 13.3. The molecule has 0 aliphatic rings. The van der Waals surface area contributed by atoms with E-state index in [-0.39, 0.29) is 11.0 Å². The molecule has 0 saturated carbocycles. The van der Waals surface area contributed by atoms with E-state index in [1.54, 1.807) is 24.0 Å². The first-order valence-corrected chi connectivity index (χ1v) is 8.55. The van der Waals surface area contributed by atoms with Gasteiger partial charge < -0.3 is 4.57 Å². The third kappa shape index (κ3) is 3.50. The van der Waals surface area contributed by atoms with Crippen molar-refractivity contribution in [2.45, 2.75) is 30.5 Å². The number of imidazole rings is 1. The van der Waals surface area contributed by atoms with Crippen LogP contribution in [0.2, 0.25) is 0 Å². The van der Waals surface area contributed by atoms with Crippen LogP contribution in [0.4, 0.5) is 22.0 Å². The fourth-order valence-electron chi connectivity index (χ4n) is 2.37. The quantitative estimate of drug-likeness (QED) is 0.465. The van der Waals surface area contributed by atoms with Crippen LogP contribution in [0.5, 0.6) is 0 Å². The Morgan fingerprint density at radius 2 is 1.88 bits per heavy atom. The van der Waals surface area contributed by atoms with E-state index in [0.29, 0.717) is 11.4 Å². The van der Waals surface area contributed by atoms with Gasteiger partial charge in [-0.2, -0.15) is 22.0 Å². The van der Waals surface area contributed by atoms with Crippen LogP contribution in [0.1, 0.15) is 6.92 Å². The normalized spacial score (nSPS) is 12.7. The Balaban J connectivity index is 1.98. The molecule has 26 heavy (non-hydrogen) atoms. The summed E-state index contributed by atoms with van der Waals surface area (Å²) in [6.07, 6.45) is -1.84. The summed E-state index contributed by atoms with van der Waals surface area (Å²) in [5.74, 6) is -4.03. The van der Waals surface area contributed by atoms with Gasteiger partial charge in [0.15, 0.2) is 0 Å². The Morgan fingerprint density at radius 1 is 1.12 bits per heavy atom. The lowest BCUT2D eigenvalue weighted by atomic mass is 10.2. The molecule has 0 radical (unpaired) electrons. The summed E-state index contributed by atoms with van der Waals surface area (Å²) in [5.41, 5.74) is 1.45. The molecule has 0 amide bonds. The molecule has 0 spiro atoms. The van der Waals surface area contributed by atoms with Crippen molar-refractivity contribution in [3.8, 4) is 11.4 Å². The summed E-state index contributed by atoms with van der Waals surface area (Å²) in [5, 5.41) is 0. The van der Waals surface area contributed by atoms with Crippen LogP contribution in [0.15, 0.2) is 41.8 Å². The highest BCUT2D eigenvalue weighted by molar-refractivity contribution is 7.99. The van der Waals surface area contributed by atoms with Gasteiger partial charge in [-0.25, -0.2) is 4.98 Å². The molecule has 3 rings (SSSR count). The molecule has 138 valence electrons. The minimum Gasteiger partial charge on any atom is -0.323 e. The van der Waals surface area contributed by atoms with E-state index in [2.05, 4.69) is 15.0 Å². The van der Waals surface area contributed by atoms with Gasteiger partial charge in [-0.15, -0.1) is 11.8 Å². The number of alkyl halides is 5. The Morgan fingerprint density at radius 3 is 2.58 bits per heavy atom. The van der Waals surface area contributed by atoms with E-state index < -0.39 is 18.6 Å². The summed E-state index contributed by atoms with van der Waals surface area (Å²) in [6, 6.07) is 5.19. The number of rotatable bonds is 5. The first-order valence-electron chi connectivity index (χ1n) is 7.56. The van der Waals surface area contributed by atoms with E-state index in [4.69, 9.17) is 0 Å². The van der Waals surface area contributed by atoms with E-state index >= 15 is 0 Å². The van der Waals surface area contributed by atoms with Crippen LogP contribution in [0.3, 0.4) is 0 Å². The first-order chi connectivity index (χ1) is 12.2. The van der Waals surface area contributed by atoms with Crippen LogP contribution < -0.4 is 0 Å². The zero-order valence-electron chi connectivity index (χ0n) is 13.5. The average Bonchev–Trinajstić information content (AvgIpc) is 2.96.